The Labute approximate surface area is 338 Å². The van der Waals surface area contributed by atoms with Crippen LogP contribution in [-0.4, -0.2) is 0 Å². The molecule has 0 N–H and O–H groups in total. The maximum Gasteiger partial charge on any atom is 0.136 e. The van der Waals surface area contributed by atoms with Crippen molar-refractivity contribution in [1.29, 1.82) is 0 Å². The first-order valence-corrected chi connectivity index (χ1v) is 18.4. The van der Waals surface area contributed by atoms with Crippen LogP contribution in [0.5, 0.6) is 0 Å². The molecule has 10 aromatic rings. The third kappa shape index (κ3) is 6.14. The van der Waals surface area contributed by atoms with E-state index in [1.165, 1.54) is 4.90 Å². The van der Waals surface area contributed by atoms with Gasteiger partial charge in [0.15, 0.2) is 0 Å². The lowest BCUT2D eigenvalue weighted by molar-refractivity contribution is 0.669. The van der Waals surface area contributed by atoms with Gasteiger partial charge in [-0.2, -0.15) is 0 Å². The van der Waals surface area contributed by atoms with Gasteiger partial charge in [-0.25, -0.2) is 0 Å². The van der Waals surface area contributed by atoms with E-state index < -0.39 is 24.2 Å². The van der Waals surface area contributed by atoms with E-state index in [1.54, 1.807) is 42.5 Å². The lowest BCUT2D eigenvalue weighted by Gasteiger charge is -2.30. The SMILES string of the molecule is [2H]c1c([2H])c(N(c2cccc(-c3ccccc3)c2-c2ccccc2-c2ccccc2)c2c([2H])c([2H])c(-c3ccc4c(c3)oc3ccccc34)c([2H])c2[2H])c([2H])c([2H])c1-c1ccccc1. The molecule has 0 saturated carbocycles. The molecule has 0 aliphatic rings. The number of rotatable bonds is 8. The van der Waals surface area contributed by atoms with E-state index >= 15 is 0 Å². The number of benzene rings is 9. The minimum Gasteiger partial charge on any atom is -0.456 e. The molecule has 1 aromatic heterocycles. The number of hydrogen-bond donors (Lipinski definition) is 0. The Kier molecular flexibility index (Phi) is 6.59. The zero-order valence-corrected chi connectivity index (χ0v) is 30.1. The van der Waals surface area contributed by atoms with Gasteiger partial charge in [-0.15, -0.1) is 0 Å². The van der Waals surface area contributed by atoms with E-state index in [0.29, 0.717) is 33.5 Å². The lowest BCUT2D eigenvalue weighted by Crippen LogP contribution is -2.12. The zero-order chi connectivity index (χ0) is 44.2. The molecule has 9 aromatic carbocycles. The summed E-state index contributed by atoms with van der Waals surface area (Å²) in [4.78, 5) is 1.41. The van der Waals surface area contributed by atoms with Gasteiger partial charge in [0.25, 0.3) is 0 Å². The Bertz CT molecular complexity index is 3370. The largest absolute Gasteiger partial charge is 0.456 e. The normalized spacial score (nSPS) is 13.2. The standard InChI is InChI=1S/C54H37NO/c1-4-15-38(16-5-1)39-27-32-44(33-28-39)55(45-34-29-40(30-35-45)43-31-36-49-48-22-12-13-26-52(48)56-53(49)37-43)51-25-14-24-47(42-19-8-3-9-20-42)54(51)50-23-11-10-21-46(50)41-17-6-2-7-18-41/h1-37H/i27D,28D,29D,30D,32D,33D,34D,35D. The summed E-state index contributed by atoms with van der Waals surface area (Å²) in [7, 11) is 0. The van der Waals surface area contributed by atoms with Crippen LogP contribution in [-0.2, 0) is 0 Å². The molecule has 0 spiro atoms. The average Bonchev–Trinajstić information content (AvgIpc) is 3.71. The van der Waals surface area contributed by atoms with Crippen LogP contribution in [0.25, 0.3) is 77.6 Å². The first-order valence-electron chi connectivity index (χ1n) is 22.4. The van der Waals surface area contributed by atoms with Crippen LogP contribution in [0, 0.1) is 0 Å². The second kappa shape index (κ2) is 14.4. The third-order valence-corrected chi connectivity index (χ3v) is 10.1. The van der Waals surface area contributed by atoms with Crippen molar-refractivity contribution >= 4 is 39.0 Å². The molecule has 2 heteroatoms. The van der Waals surface area contributed by atoms with E-state index in [4.69, 9.17) is 4.42 Å². The minimum atomic E-state index is -0.433. The summed E-state index contributed by atoms with van der Waals surface area (Å²) < 4.78 is 83.3. The van der Waals surface area contributed by atoms with Crippen molar-refractivity contribution in [3.8, 4) is 55.6 Å². The van der Waals surface area contributed by atoms with Crippen molar-refractivity contribution in [1.82, 2.24) is 0 Å². The smallest absolute Gasteiger partial charge is 0.136 e. The van der Waals surface area contributed by atoms with Gasteiger partial charge in [0.2, 0.25) is 0 Å². The maximum absolute atomic E-state index is 9.83. The molecule has 0 aliphatic carbocycles. The quantitative estimate of drug-likeness (QED) is 0.155. The van der Waals surface area contributed by atoms with E-state index in [2.05, 4.69) is 0 Å². The van der Waals surface area contributed by atoms with Crippen molar-refractivity contribution in [2.45, 2.75) is 0 Å². The summed E-state index contributed by atoms with van der Waals surface area (Å²) in [6.45, 7) is 0. The Hall–Kier alpha value is -7.42. The fourth-order valence-corrected chi connectivity index (χ4v) is 7.40. The van der Waals surface area contributed by atoms with Crippen LogP contribution in [0.1, 0.15) is 11.0 Å². The monoisotopic (exact) mass is 723 g/mol. The number of fused-ring (bicyclic) bond motifs is 3. The molecule has 1 heterocycles. The molecule has 0 saturated heterocycles. The highest BCUT2D eigenvalue weighted by molar-refractivity contribution is 6.06. The van der Waals surface area contributed by atoms with Crippen molar-refractivity contribution in [3.05, 3.63) is 224 Å². The van der Waals surface area contributed by atoms with Crippen molar-refractivity contribution in [2.24, 2.45) is 0 Å². The number of nitrogens with zero attached hydrogens (tertiary/aromatic N) is 1. The van der Waals surface area contributed by atoms with Crippen LogP contribution in [0.2, 0.25) is 0 Å². The van der Waals surface area contributed by atoms with Gasteiger partial charge in [0.05, 0.1) is 16.7 Å². The molecule has 56 heavy (non-hydrogen) atoms. The zero-order valence-electron chi connectivity index (χ0n) is 38.1. The fraction of sp³-hybridized carbons (Fsp3) is 0. The van der Waals surface area contributed by atoms with Crippen molar-refractivity contribution in [3.63, 3.8) is 0 Å². The molecule has 0 unspecified atom stereocenters. The van der Waals surface area contributed by atoms with Gasteiger partial charge in [0, 0.05) is 27.7 Å². The minimum absolute atomic E-state index is 0.0488. The molecule has 0 aliphatic heterocycles. The summed E-state index contributed by atoms with van der Waals surface area (Å²) in [6, 6.07) is 51.8. The second-order valence-corrected chi connectivity index (χ2v) is 13.4. The van der Waals surface area contributed by atoms with Gasteiger partial charge in [0.1, 0.15) is 11.2 Å². The van der Waals surface area contributed by atoms with Gasteiger partial charge in [-0.3, -0.25) is 0 Å². The lowest BCUT2D eigenvalue weighted by atomic mass is 9.87. The van der Waals surface area contributed by atoms with Crippen LogP contribution < -0.4 is 4.90 Å². The highest BCUT2D eigenvalue weighted by atomic mass is 16.3. The summed E-state index contributed by atoms with van der Waals surface area (Å²) in [5.41, 5.74) is 6.91. The van der Waals surface area contributed by atoms with Crippen LogP contribution in [0.4, 0.5) is 17.1 Å². The molecule has 0 atom stereocenters. The van der Waals surface area contributed by atoms with E-state index in [0.717, 1.165) is 38.6 Å². The highest BCUT2D eigenvalue weighted by Gasteiger charge is 2.23. The maximum atomic E-state index is 9.83. The van der Waals surface area contributed by atoms with Gasteiger partial charge in [-0.05, 0) is 98.5 Å². The Balaban J connectivity index is 1.31. The molecule has 10 rings (SSSR count). The topological polar surface area (TPSA) is 16.4 Å². The Morgan fingerprint density at radius 2 is 0.839 bits per heavy atom. The van der Waals surface area contributed by atoms with Crippen molar-refractivity contribution in [2.75, 3.05) is 4.90 Å². The van der Waals surface area contributed by atoms with Crippen LogP contribution in [0.15, 0.2) is 229 Å². The third-order valence-electron chi connectivity index (χ3n) is 10.1. The van der Waals surface area contributed by atoms with Crippen LogP contribution >= 0.6 is 0 Å². The summed E-state index contributed by atoms with van der Waals surface area (Å²) in [6.07, 6.45) is 0. The summed E-state index contributed by atoms with van der Waals surface area (Å²) >= 11 is 0. The molecule has 0 fully saturated rings. The number of anilines is 3. The second-order valence-electron chi connectivity index (χ2n) is 13.4. The molecular weight excluding hydrogens is 679 g/mol. The van der Waals surface area contributed by atoms with Gasteiger partial charge < -0.3 is 9.32 Å². The van der Waals surface area contributed by atoms with Crippen LogP contribution in [0.3, 0.4) is 0 Å². The first-order chi connectivity index (χ1) is 31.1. The first kappa shape index (κ1) is 25.6. The Morgan fingerprint density at radius 3 is 1.50 bits per heavy atom. The predicted molar refractivity (Wildman–Crippen MR) is 236 cm³/mol. The fourth-order valence-electron chi connectivity index (χ4n) is 7.40. The number of para-hydroxylation sites is 1. The highest BCUT2D eigenvalue weighted by Crippen LogP contribution is 2.48. The molecule has 2 nitrogen and oxygen atoms in total. The number of furan rings is 1. The summed E-state index contributed by atoms with van der Waals surface area (Å²) in [5, 5.41) is 1.76. The molecule has 0 radical (unpaired) electrons. The van der Waals surface area contributed by atoms with E-state index in [9.17, 15) is 11.0 Å². The predicted octanol–water partition coefficient (Wildman–Crippen LogP) is 15.4. The van der Waals surface area contributed by atoms with Crippen molar-refractivity contribution < 1.29 is 15.4 Å². The molecule has 264 valence electrons. The van der Waals surface area contributed by atoms with Gasteiger partial charge in [-0.1, -0.05) is 176 Å². The van der Waals surface area contributed by atoms with Gasteiger partial charge >= 0.3 is 0 Å². The summed E-state index contributed by atoms with van der Waals surface area (Å²) in [5.74, 6) is 0. The number of hydrogen-bond acceptors (Lipinski definition) is 2. The molecule has 0 bridgehead atoms. The van der Waals surface area contributed by atoms with E-state index in [1.807, 2.05) is 133 Å². The Morgan fingerprint density at radius 1 is 0.339 bits per heavy atom. The average molecular weight is 724 g/mol. The molecule has 0 amide bonds. The molecular formula is C54H37NO. The van der Waals surface area contributed by atoms with E-state index in [-0.39, 0.29) is 46.7 Å².